The molecule has 2 aromatic rings. The maximum atomic E-state index is 13.2. The van der Waals surface area contributed by atoms with Gasteiger partial charge >= 0.3 is 0 Å². The Bertz CT molecular complexity index is 770. The normalized spacial score (nSPS) is 17.2. The van der Waals surface area contributed by atoms with E-state index in [1.165, 1.54) is 0 Å². The van der Waals surface area contributed by atoms with Crippen LogP contribution in [0.15, 0.2) is 42.5 Å². The van der Waals surface area contributed by atoms with Gasteiger partial charge in [-0.05, 0) is 31.2 Å². The summed E-state index contributed by atoms with van der Waals surface area (Å²) in [6.45, 7) is 2.19. The Hall–Kier alpha value is -2.76. The molecule has 1 fully saturated rings. The highest BCUT2D eigenvalue weighted by molar-refractivity contribution is 6.03. The minimum Gasteiger partial charge on any atom is -0.326 e. The first kappa shape index (κ1) is 16.1. The van der Waals surface area contributed by atoms with Gasteiger partial charge in [0.05, 0.1) is 5.92 Å². The number of carbonyl (C=O) groups is 2. The molecule has 0 bridgehead atoms. The number of halogens is 2. The first-order chi connectivity index (χ1) is 11.4. The zero-order chi connectivity index (χ0) is 17.3. The number of carbonyl (C=O) groups excluding carboxylic acids is 2. The zero-order valence-corrected chi connectivity index (χ0v) is 13.1. The van der Waals surface area contributed by atoms with Gasteiger partial charge in [0.15, 0.2) is 0 Å². The molecule has 1 aliphatic heterocycles. The molecule has 1 atom stereocenters. The highest BCUT2D eigenvalue weighted by Gasteiger charge is 2.35. The Labute approximate surface area is 138 Å². The maximum absolute atomic E-state index is 13.2. The Morgan fingerprint density at radius 1 is 1.12 bits per heavy atom. The molecule has 1 saturated heterocycles. The summed E-state index contributed by atoms with van der Waals surface area (Å²) in [6.07, 6.45) is 0.0670. The first-order valence-corrected chi connectivity index (χ1v) is 7.56. The van der Waals surface area contributed by atoms with Crippen LogP contribution in [-0.2, 0) is 9.59 Å². The fourth-order valence-electron chi connectivity index (χ4n) is 2.73. The molecule has 4 nitrogen and oxygen atoms in total. The van der Waals surface area contributed by atoms with Crippen molar-refractivity contribution >= 4 is 23.2 Å². The Kier molecular flexibility index (Phi) is 4.29. The van der Waals surface area contributed by atoms with E-state index >= 15 is 0 Å². The number of rotatable bonds is 3. The lowest BCUT2D eigenvalue weighted by Crippen LogP contribution is -2.28. The highest BCUT2D eigenvalue weighted by atomic mass is 19.1. The number of anilines is 2. The van der Waals surface area contributed by atoms with E-state index < -0.39 is 23.5 Å². The monoisotopic (exact) mass is 330 g/mol. The van der Waals surface area contributed by atoms with Gasteiger partial charge in [-0.25, -0.2) is 8.78 Å². The number of benzene rings is 2. The van der Waals surface area contributed by atoms with Gasteiger partial charge in [-0.1, -0.05) is 17.7 Å². The van der Waals surface area contributed by atoms with E-state index in [2.05, 4.69) is 5.32 Å². The van der Waals surface area contributed by atoms with Gasteiger partial charge in [-0.15, -0.1) is 0 Å². The van der Waals surface area contributed by atoms with Crippen LogP contribution in [-0.4, -0.2) is 18.4 Å². The fourth-order valence-corrected chi connectivity index (χ4v) is 2.73. The molecule has 0 radical (unpaired) electrons. The summed E-state index contributed by atoms with van der Waals surface area (Å²) in [5.41, 5.74) is 1.85. The summed E-state index contributed by atoms with van der Waals surface area (Å²) in [6, 6.07) is 10.3. The second-order valence-corrected chi connectivity index (χ2v) is 5.89. The topological polar surface area (TPSA) is 49.4 Å². The Morgan fingerprint density at radius 2 is 1.75 bits per heavy atom. The van der Waals surface area contributed by atoms with E-state index in [0.717, 1.165) is 29.4 Å². The first-order valence-electron chi connectivity index (χ1n) is 7.56. The molecular formula is C18H16F2N2O2. The molecule has 0 aromatic heterocycles. The standard InChI is InChI=1S/C18H16F2N2O2/c1-11-2-4-16(5-3-11)22-10-12(6-17(22)23)18(24)21-15-8-13(19)7-14(20)9-15/h2-5,7-9,12H,6,10H2,1H3,(H,21,24)/t12-/m1/s1. The van der Waals surface area contributed by atoms with Crippen molar-refractivity contribution in [3.8, 4) is 0 Å². The number of hydrogen-bond donors (Lipinski definition) is 1. The third kappa shape index (κ3) is 3.42. The van der Waals surface area contributed by atoms with Gasteiger partial charge in [0.25, 0.3) is 0 Å². The number of aryl methyl sites for hydroxylation is 1. The van der Waals surface area contributed by atoms with Gasteiger partial charge in [-0.2, -0.15) is 0 Å². The van der Waals surface area contributed by atoms with Crippen LogP contribution in [0.4, 0.5) is 20.2 Å². The van der Waals surface area contributed by atoms with Crippen molar-refractivity contribution in [2.45, 2.75) is 13.3 Å². The lowest BCUT2D eigenvalue weighted by atomic mass is 10.1. The average Bonchev–Trinajstić information content (AvgIpc) is 2.89. The predicted molar refractivity (Wildman–Crippen MR) is 86.6 cm³/mol. The molecule has 24 heavy (non-hydrogen) atoms. The quantitative estimate of drug-likeness (QED) is 0.939. The number of nitrogens with one attached hydrogen (secondary N) is 1. The summed E-state index contributed by atoms with van der Waals surface area (Å²) in [5, 5.41) is 2.47. The largest absolute Gasteiger partial charge is 0.326 e. The van der Waals surface area contributed by atoms with Crippen LogP contribution in [0.25, 0.3) is 0 Å². The van der Waals surface area contributed by atoms with Crippen LogP contribution >= 0.6 is 0 Å². The van der Waals surface area contributed by atoms with Crippen LogP contribution in [0.3, 0.4) is 0 Å². The second kappa shape index (κ2) is 6.39. The van der Waals surface area contributed by atoms with Gasteiger partial charge in [0, 0.05) is 30.4 Å². The molecule has 0 saturated carbocycles. The summed E-state index contributed by atoms with van der Waals surface area (Å²) >= 11 is 0. The van der Waals surface area contributed by atoms with Crippen LogP contribution < -0.4 is 10.2 Å². The summed E-state index contributed by atoms with van der Waals surface area (Å²) in [4.78, 5) is 26.0. The average molecular weight is 330 g/mol. The molecule has 3 rings (SSSR count). The minimum atomic E-state index is -0.769. The van der Waals surface area contributed by atoms with E-state index in [9.17, 15) is 18.4 Å². The lowest BCUT2D eigenvalue weighted by molar-refractivity contribution is -0.122. The van der Waals surface area contributed by atoms with Crippen molar-refractivity contribution in [1.82, 2.24) is 0 Å². The molecule has 1 heterocycles. The van der Waals surface area contributed by atoms with Crippen molar-refractivity contribution in [3.05, 3.63) is 59.7 Å². The van der Waals surface area contributed by atoms with Gasteiger partial charge in [0.1, 0.15) is 11.6 Å². The maximum Gasteiger partial charge on any atom is 0.229 e. The molecule has 2 aromatic carbocycles. The highest BCUT2D eigenvalue weighted by Crippen LogP contribution is 2.26. The van der Waals surface area contributed by atoms with Crippen LogP contribution in [0, 0.1) is 24.5 Å². The third-order valence-electron chi connectivity index (χ3n) is 3.97. The summed E-state index contributed by atoms with van der Waals surface area (Å²) < 4.78 is 26.4. The SMILES string of the molecule is Cc1ccc(N2C[C@H](C(=O)Nc3cc(F)cc(F)c3)CC2=O)cc1. The molecule has 0 unspecified atom stereocenters. The van der Waals surface area contributed by atoms with E-state index in [0.29, 0.717) is 0 Å². The molecular weight excluding hydrogens is 314 g/mol. The lowest BCUT2D eigenvalue weighted by Gasteiger charge is -2.17. The fraction of sp³-hybridized carbons (Fsp3) is 0.222. The van der Waals surface area contributed by atoms with Crippen LogP contribution in [0.1, 0.15) is 12.0 Å². The van der Waals surface area contributed by atoms with Crippen LogP contribution in [0.5, 0.6) is 0 Å². The smallest absolute Gasteiger partial charge is 0.229 e. The summed E-state index contributed by atoms with van der Waals surface area (Å²) in [5.74, 6) is -2.68. The molecule has 1 N–H and O–H groups in total. The molecule has 1 aliphatic rings. The van der Waals surface area contributed by atoms with Crippen molar-refractivity contribution in [3.63, 3.8) is 0 Å². The van der Waals surface area contributed by atoms with Gasteiger partial charge in [0.2, 0.25) is 11.8 Å². The van der Waals surface area contributed by atoms with E-state index in [-0.39, 0.29) is 24.6 Å². The van der Waals surface area contributed by atoms with Crippen LogP contribution in [0.2, 0.25) is 0 Å². The number of nitrogens with zero attached hydrogens (tertiary/aromatic N) is 1. The van der Waals surface area contributed by atoms with Gasteiger partial charge < -0.3 is 10.2 Å². The Balaban J connectivity index is 1.70. The second-order valence-electron chi connectivity index (χ2n) is 5.89. The molecule has 124 valence electrons. The third-order valence-corrected chi connectivity index (χ3v) is 3.97. The molecule has 0 spiro atoms. The predicted octanol–water partition coefficient (Wildman–Crippen LogP) is 3.26. The van der Waals surface area contributed by atoms with Crippen molar-refractivity contribution in [1.29, 1.82) is 0 Å². The van der Waals surface area contributed by atoms with E-state index in [1.54, 1.807) is 4.90 Å². The zero-order valence-electron chi connectivity index (χ0n) is 13.1. The summed E-state index contributed by atoms with van der Waals surface area (Å²) in [7, 11) is 0. The molecule has 6 heteroatoms. The molecule has 0 aliphatic carbocycles. The van der Waals surface area contributed by atoms with Crippen molar-refractivity contribution in [2.24, 2.45) is 5.92 Å². The van der Waals surface area contributed by atoms with Gasteiger partial charge in [-0.3, -0.25) is 9.59 Å². The number of hydrogen-bond acceptors (Lipinski definition) is 2. The molecule has 2 amide bonds. The van der Waals surface area contributed by atoms with Crippen molar-refractivity contribution < 1.29 is 18.4 Å². The van der Waals surface area contributed by atoms with Crippen molar-refractivity contribution in [2.75, 3.05) is 16.8 Å². The Morgan fingerprint density at radius 3 is 2.38 bits per heavy atom. The van der Waals surface area contributed by atoms with E-state index in [4.69, 9.17) is 0 Å². The number of amides is 2. The minimum absolute atomic E-state index is 0.0405. The van der Waals surface area contributed by atoms with E-state index in [1.807, 2.05) is 31.2 Å².